The van der Waals surface area contributed by atoms with Gasteiger partial charge in [-0.2, -0.15) is 0 Å². The molecule has 1 aromatic rings. The zero-order chi connectivity index (χ0) is 12.1. The van der Waals surface area contributed by atoms with Crippen molar-refractivity contribution < 1.29 is 14.6 Å². The SMILES string of the molecule is O=C(O)c1csc(NCCOC2CCCC2)n1. The normalized spacial score (nSPS) is 16.2. The fourth-order valence-corrected chi connectivity index (χ4v) is 2.60. The van der Waals surface area contributed by atoms with Crippen LogP contribution in [0.2, 0.25) is 0 Å². The van der Waals surface area contributed by atoms with Gasteiger partial charge in [0.1, 0.15) is 0 Å². The molecule has 0 unspecified atom stereocenters. The number of rotatable bonds is 6. The van der Waals surface area contributed by atoms with E-state index in [1.54, 1.807) is 0 Å². The highest BCUT2D eigenvalue weighted by atomic mass is 32.1. The molecular weight excluding hydrogens is 240 g/mol. The Labute approximate surface area is 104 Å². The Morgan fingerprint density at radius 3 is 3.00 bits per heavy atom. The van der Waals surface area contributed by atoms with Gasteiger partial charge in [-0.25, -0.2) is 9.78 Å². The van der Waals surface area contributed by atoms with E-state index in [2.05, 4.69) is 10.3 Å². The predicted molar refractivity (Wildman–Crippen MR) is 65.8 cm³/mol. The maximum absolute atomic E-state index is 10.6. The van der Waals surface area contributed by atoms with Crippen molar-refractivity contribution in [1.82, 2.24) is 4.98 Å². The maximum atomic E-state index is 10.6. The van der Waals surface area contributed by atoms with Gasteiger partial charge in [-0.05, 0) is 12.8 Å². The molecule has 0 bridgehead atoms. The number of ether oxygens (including phenoxy) is 1. The molecule has 0 radical (unpaired) electrons. The molecule has 94 valence electrons. The third-order valence-electron chi connectivity index (χ3n) is 2.76. The molecule has 1 fully saturated rings. The summed E-state index contributed by atoms with van der Waals surface area (Å²) in [7, 11) is 0. The molecule has 0 aromatic carbocycles. The molecule has 2 rings (SSSR count). The molecule has 1 heterocycles. The van der Waals surface area contributed by atoms with Gasteiger partial charge in [0.05, 0.1) is 12.7 Å². The topological polar surface area (TPSA) is 71.5 Å². The van der Waals surface area contributed by atoms with Crippen molar-refractivity contribution in [2.24, 2.45) is 0 Å². The van der Waals surface area contributed by atoms with Crippen LogP contribution in [-0.2, 0) is 4.74 Å². The highest BCUT2D eigenvalue weighted by Gasteiger charge is 2.14. The highest BCUT2D eigenvalue weighted by Crippen LogP contribution is 2.20. The molecule has 0 atom stereocenters. The van der Waals surface area contributed by atoms with Crippen LogP contribution in [0.1, 0.15) is 36.2 Å². The maximum Gasteiger partial charge on any atom is 0.355 e. The number of carbonyl (C=O) groups is 1. The van der Waals surface area contributed by atoms with E-state index in [-0.39, 0.29) is 5.69 Å². The van der Waals surface area contributed by atoms with Crippen molar-refractivity contribution in [3.8, 4) is 0 Å². The monoisotopic (exact) mass is 256 g/mol. The van der Waals surface area contributed by atoms with Crippen LogP contribution in [0.3, 0.4) is 0 Å². The van der Waals surface area contributed by atoms with Crippen LogP contribution in [-0.4, -0.2) is 35.3 Å². The molecular formula is C11H16N2O3S. The quantitative estimate of drug-likeness (QED) is 0.763. The Bertz CT molecular complexity index is 375. The van der Waals surface area contributed by atoms with E-state index in [1.807, 2.05) is 0 Å². The fourth-order valence-electron chi connectivity index (χ4n) is 1.89. The lowest BCUT2D eigenvalue weighted by Crippen LogP contribution is -2.15. The largest absolute Gasteiger partial charge is 0.476 e. The van der Waals surface area contributed by atoms with Crippen LogP contribution in [0.5, 0.6) is 0 Å². The van der Waals surface area contributed by atoms with Crippen LogP contribution < -0.4 is 5.32 Å². The highest BCUT2D eigenvalue weighted by molar-refractivity contribution is 7.13. The molecule has 1 aliphatic rings. The van der Waals surface area contributed by atoms with E-state index in [4.69, 9.17) is 9.84 Å². The van der Waals surface area contributed by atoms with Crippen molar-refractivity contribution in [2.75, 3.05) is 18.5 Å². The number of thiazole rings is 1. The summed E-state index contributed by atoms with van der Waals surface area (Å²) in [5, 5.41) is 13.9. The van der Waals surface area contributed by atoms with E-state index >= 15 is 0 Å². The Morgan fingerprint density at radius 1 is 1.59 bits per heavy atom. The molecule has 1 aliphatic carbocycles. The zero-order valence-electron chi connectivity index (χ0n) is 9.52. The number of nitrogens with one attached hydrogen (secondary N) is 1. The lowest BCUT2D eigenvalue weighted by Gasteiger charge is -2.10. The fraction of sp³-hybridized carbons (Fsp3) is 0.636. The molecule has 2 N–H and O–H groups in total. The van der Waals surface area contributed by atoms with Crippen LogP contribution in [0.4, 0.5) is 5.13 Å². The number of hydrogen-bond donors (Lipinski definition) is 2. The molecule has 0 aliphatic heterocycles. The van der Waals surface area contributed by atoms with E-state index in [0.717, 1.165) is 0 Å². The van der Waals surface area contributed by atoms with Crippen molar-refractivity contribution in [3.63, 3.8) is 0 Å². The summed E-state index contributed by atoms with van der Waals surface area (Å²) < 4.78 is 5.68. The van der Waals surface area contributed by atoms with Crippen LogP contribution in [0.25, 0.3) is 0 Å². The van der Waals surface area contributed by atoms with E-state index in [9.17, 15) is 4.79 Å². The van der Waals surface area contributed by atoms with Crippen molar-refractivity contribution in [2.45, 2.75) is 31.8 Å². The Hall–Kier alpha value is -1.14. The van der Waals surface area contributed by atoms with Gasteiger partial charge in [-0.15, -0.1) is 11.3 Å². The summed E-state index contributed by atoms with van der Waals surface area (Å²) >= 11 is 1.30. The summed E-state index contributed by atoms with van der Waals surface area (Å²) in [5.74, 6) is -0.989. The number of carboxylic acids is 1. The van der Waals surface area contributed by atoms with Gasteiger partial charge in [0.2, 0.25) is 0 Å². The number of nitrogens with zero attached hydrogens (tertiary/aromatic N) is 1. The third kappa shape index (κ3) is 3.67. The lowest BCUT2D eigenvalue weighted by molar-refractivity contribution is 0.0659. The summed E-state index contributed by atoms with van der Waals surface area (Å²) in [4.78, 5) is 14.5. The van der Waals surface area contributed by atoms with Gasteiger partial charge in [0.15, 0.2) is 10.8 Å². The minimum atomic E-state index is -0.989. The average molecular weight is 256 g/mol. The first-order valence-corrected chi connectivity index (χ1v) is 6.68. The van der Waals surface area contributed by atoms with Crippen molar-refractivity contribution >= 4 is 22.4 Å². The first kappa shape index (κ1) is 12.3. The molecule has 0 saturated heterocycles. The number of aromatic carboxylic acids is 1. The third-order valence-corrected chi connectivity index (χ3v) is 3.56. The van der Waals surface area contributed by atoms with Gasteiger partial charge in [-0.3, -0.25) is 0 Å². The average Bonchev–Trinajstić information content (AvgIpc) is 2.96. The van der Waals surface area contributed by atoms with Gasteiger partial charge in [0, 0.05) is 11.9 Å². The van der Waals surface area contributed by atoms with Gasteiger partial charge >= 0.3 is 5.97 Å². The first-order chi connectivity index (χ1) is 8.25. The van der Waals surface area contributed by atoms with E-state index in [0.29, 0.717) is 24.4 Å². The smallest absolute Gasteiger partial charge is 0.355 e. The minimum Gasteiger partial charge on any atom is -0.476 e. The number of hydrogen-bond acceptors (Lipinski definition) is 5. The molecule has 5 nitrogen and oxygen atoms in total. The molecule has 1 saturated carbocycles. The number of carboxylic acid groups (broad SMARTS) is 1. The number of aromatic nitrogens is 1. The van der Waals surface area contributed by atoms with Gasteiger partial charge in [0.25, 0.3) is 0 Å². The lowest BCUT2D eigenvalue weighted by atomic mass is 10.3. The number of anilines is 1. The zero-order valence-corrected chi connectivity index (χ0v) is 10.3. The van der Waals surface area contributed by atoms with E-state index < -0.39 is 5.97 Å². The van der Waals surface area contributed by atoms with E-state index in [1.165, 1.54) is 42.4 Å². The van der Waals surface area contributed by atoms with Crippen LogP contribution in [0.15, 0.2) is 5.38 Å². The summed E-state index contributed by atoms with van der Waals surface area (Å²) in [5.41, 5.74) is 0.0919. The van der Waals surface area contributed by atoms with Crippen molar-refractivity contribution in [3.05, 3.63) is 11.1 Å². The Kier molecular flexibility index (Phi) is 4.33. The second kappa shape index (κ2) is 5.97. The molecule has 1 aromatic heterocycles. The summed E-state index contributed by atoms with van der Waals surface area (Å²) in [6.45, 7) is 1.32. The standard InChI is InChI=1S/C11H16N2O3S/c14-10(15)9-7-17-11(13-9)12-5-6-16-8-3-1-2-4-8/h7-8H,1-6H2,(H,12,13)(H,14,15). The minimum absolute atomic E-state index is 0.0919. The molecule has 6 heteroatoms. The Morgan fingerprint density at radius 2 is 2.35 bits per heavy atom. The van der Waals surface area contributed by atoms with Crippen molar-refractivity contribution in [1.29, 1.82) is 0 Å². The molecule has 17 heavy (non-hydrogen) atoms. The first-order valence-electron chi connectivity index (χ1n) is 5.80. The molecule has 0 spiro atoms. The van der Waals surface area contributed by atoms with Crippen LogP contribution >= 0.6 is 11.3 Å². The summed E-state index contributed by atoms with van der Waals surface area (Å²) in [6.07, 6.45) is 5.29. The second-order valence-corrected chi connectivity index (χ2v) is 4.91. The summed E-state index contributed by atoms with van der Waals surface area (Å²) in [6, 6.07) is 0. The Balaban J connectivity index is 1.65. The molecule has 0 amide bonds. The van der Waals surface area contributed by atoms with Gasteiger partial charge in [-0.1, -0.05) is 12.8 Å². The van der Waals surface area contributed by atoms with Crippen LogP contribution in [0, 0.1) is 0 Å². The van der Waals surface area contributed by atoms with Gasteiger partial charge < -0.3 is 15.2 Å². The second-order valence-electron chi connectivity index (χ2n) is 4.05. The predicted octanol–water partition coefficient (Wildman–Crippen LogP) is 2.21.